The van der Waals surface area contributed by atoms with Crippen molar-refractivity contribution in [2.45, 2.75) is 72.9 Å². The number of benzene rings is 3. The van der Waals surface area contributed by atoms with Crippen LogP contribution in [-0.2, 0) is 27.3 Å². The van der Waals surface area contributed by atoms with Crippen molar-refractivity contribution in [2.24, 2.45) is 10.8 Å². The summed E-state index contributed by atoms with van der Waals surface area (Å²) in [6, 6.07) is 16.8. The van der Waals surface area contributed by atoms with E-state index >= 15 is 0 Å². The fraction of sp³-hybridized carbons (Fsp3) is 0.439. The van der Waals surface area contributed by atoms with Crippen LogP contribution in [0.1, 0.15) is 85.7 Å². The number of carbonyl (C=O) groups is 5. The molecule has 0 aliphatic heterocycles. The number of likely N-dealkylation sites (N-methyl/N-ethyl adjacent to an activating group) is 2. The van der Waals surface area contributed by atoms with Crippen LogP contribution in [0, 0.1) is 16.6 Å². The Morgan fingerprint density at radius 1 is 0.870 bits per heavy atom. The number of carboxylic acid groups (broad SMARTS) is 1. The van der Waals surface area contributed by atoms with Gasteiger partial charge in [0.25, 0.3) is 11.8 Å². The van der Waals surface area contributed by atoms with Crippen LogP contribution in [0.4, 0.5) is 10.1 Å². The maximum Gasteiger partial charge on any atom is 0.303 e. The lowest BCUT2D eigenvalue weighted by Gasteiger charge is -2.26. The van der Waals surface area contributed by atoms with E-state index in [4.69, 9.17) is 9.84 Å². The van der Waals surface area contributed by atoms with E-state index in [0.717, 1.165) is 11.6 Å². The summed E-state index contributed by atoms with van der Waals surface area (Å²) in [7, 11) is 3.51. The molecule has 13 heteroatoms. The maximum absolute atomic E-state index is 15.0. The number of carboxylic acids is 1. The molecular formula is C41H54FN5O7. The van der Waals surface area contributed by atoms with Gasteiger partial charge in [-0.05, 0) is 90.4 Å². The third kappa shape index (κ3) is 14.6. The molecule has 3 aromatic rings. The average Bonchev–Trinajstić information content (AvgIpc) is 3.09. The van der Waals surface area contributed by atoms with Crippen molar-refractivity contribution in [3.63, 3.8) is 0 Å². The van der Waals surface area contributed by atoms with Gasteiger partial charge in [0.2, 0.25) is 11.8 Å². The number of hydrogen-bond donors (Lipinski definition) is 5. The number of aliphatic carboxylic acids is 1. The summed E-state index contributed by atoms with van der Waals surface area (Å²) in [5.74, 6) is -2.80. The maximum atomic E-state index is 15.0. The van der Waals surface area contributed by atoms with Gasteiger partial charge >= 0.3 is 5.97 Å². The minimum Gasteiger partial charge on any atom is -0.492 e. The molecule has 0 heterocycles. The van der Waals surface area contributed by atoms with Crippen molar-refractivity contribution in [3.8, 4) is 5.75 Å². The molecule has 0 unspecified atom stereocenters. The first-order valence-corrected chi connectivity index (χ1v) is 18.0. The van der Waals surface area contributed by atoms with Crippen LogP contribution in [0.5, 0.6) is 5.75 Å². The number of nitrogens with zero attached hydrogens (tertiary/aromatic N) is 1. The van der Waals surface area contributed by atoms with Crippen molar-refractivity contribution in [1.82, 2.24) is 20.9 Å². The highest BCUT2D eigenvalue weighted by Crippen LogP contribution is 2.26. The van der Waals surface area contributed by atoms with Crippen LogP contribution in [-0.4, -0.2) is 79.4 Å². The molecule has 4 amide bonds. The van der Waals surface area contributed by atoms with Gasteiger partial charge in [-0.15, -0.1) is 0 Å². The van der Waals surface area contributed by atoms with Crippen LogP contribution < -0.4 is 26.0 Å². The van der Waals surface area contributed by atoms with Gasteiger partial charge < -0.3 is 36.0 Å². The SMILES string of the molecule is CNCCOc1ccc(C(=O)NCc2ccc(F)c(C(=O)N[C@@H](CC(C)(C)C)C(=O)Nc3ccc(CCN(C)C(=O)CC(C)(C)CC(=O)O)cc3)c2)cc1. The smallest absolute Gasteiger partial charge is 0.303 e. The zero-order valence-electron chi connectivity index (χ0n) is 32.3. The lowest BCUT2D eigenvalue weighted by molar-refractivity contribution is -0.140. The minimum absolute atomic E-state index is 0.0410. The molecule has 3 aromatic carbocycles. The lowest BCUT2D eigenvalue weighted by atomic mass is 9.85. The summed E-state index contributed by atoms with van der Waals surface area (Å²) >= 11 is 0. The highest BCUT2D eigenvalue weighted by molar-refractivity contribution is 6.01. The Morgan fingerprint density at radius 3 is 2.13 bits per heavy atom. The summed E-state index contributed by atoms with van der Waals surface area (Å²) in [5.41, 5.74) is 1.05. The van der Waals surface area contributed by atoms with E-state index in [9.17, 15) is 28.4 Å². The number of hydrogen-bond acceptors (Lipinski definition) is 7. The third-order valence-electron chi connectivity index (χ3n) is 8.55. The molecule has 0 aliphatic rings. The molecule has 1 atom stereocenters. The Labute approximate surface area is 317 Å². The molecule has 0 bridgehead atoms. The molecule has 0 saturated heterocycles. The summed E-state index contributed by atoms with van der Waals surface area (Å²) in [5, 5.41) is 20.4. The Bertz CT molecular complexity index is 1750. The molecule has 5 N–H and O–H groups in total. The zero-order valence-corrected chi connectivity index (χ0v) is 32.3. The van der Waals surface area contributed by atoms with E-state index in [1.54, 1.807) is 62.2 Å². The standard InChI is InChI=1S/C41H54FN5O7/c1-40(2,3)23-34(39(53)45-30-13-8-27(9-14-30)18-20-47(7)35(48)24-41(4,5)25-36(49)50)46-38(52)32-22-28(10-17-33(32)42)26-44-37(51)29-11-15-31(16-12-29)54-21-19-43-6/h8-17,22,34,43H,18-21,23-26H2,1-7H3,(H,44,51)(H,45,53)(H,46,52)(H,49,50)/t34-/m0/s1. The van der Waals surface area contributed by atoms with Crippen LogP contribution >= 0.6 is 0 Å². The second-order valence-electron chi connectivity index (χ2n) is 15.4. The second kappa shape index (κ2) is 19.7. The molecular weight excluding hydrogens is 693 g/mol. The molecule has 0 spiro atoms. The summed E-state index contributed by atoms with van der Waals surface area (Å²) in [4.78, 5) is 65.0. The molecule has 12 nitrogen and oxygen atoms in total. The van der Waals surface area contributed by atoms with Gasteiger partial charge in [-0.2, -0.15) is 0 Å². The van der Waals surface area contributed by atoms with Crippen LogP contribution in [0.15, 0.2) is 66.7 Å². The van der Waals surface area contributed by atoms with E-state index in [0.29, 0.717) is 48.7 Å². The quantitative estimate of drug-likeness (QED) is 0.102. The fourth-order valence-corrected chi connectivity index (χ4v) is 5.59. The Kier molecular flexibility index (Phi) is 15.7. The number of anilines is 1. The summed E-state index contributed by atoms with van der Waals surface area (Å²) in [6.45, 7) is 10.9. The number of ether oxygens (including phenoxy) is 1. The van der Waals surface area contributed by atoms with Gasteiger partial charge in [-0.3, -0.25) is 24.0 Å². The van der Waals surface area contributed by atoms with Crippen LogP contribution in [0.2, 0.25) is 0 Å². The molecule has 0 aromatic heterocycles. The summed E-state index contributed by atoms with van der Waals surface area (Å²) in [6.07, 6.45) is 0.833. The fourth-order valence-electron chi connectivity index (χ4n) is 5.59. The lowest BCUT2D eigenvalue weighted by Crippen LogP contribution is -2.46. The zero-order chi connectivity index (χ0) is 40.1. The number of rotatable bonds is 19. The minimum atomic E-state index is -0.991. The van der Waals surface area contributed by atoms with Crippen LogP contribution in [0.3, 0.4) is 0 Å². The number of halogens is 1. The normalized spacial score (nSPS) is 12.0. The summed E-state index contributed by atoms with van der Waals surface area (Å²) < 4.78 is 20.6. The predicted octanol–water partition coefficient (Wildman–Crippen LogP) is 5.42. The molecule has 0 aliphatic carbocycles. The van der Waals surface area contributed by atoms with E-state index in [1.165, 1.54) is 12.1 Å². The highest BCUT2D eigenvalue weighted by atomic mass is 19.1. The van der Waals surface area contributed by atoms with Crippen LogP contribution in [0.25, 0.3) is 0 Å². The van der Waals surface area contributed by atoms with E-state index in [1.807, 2.05) is 40.0 Å². The van der Waals surface area contributed by atoms with Crippen molar-refractivity contribution in [1.29, 1.82) is 0 Å². The van der Waals surface area contributed by atoms with Gasteiger partial charge in [-0.1, -0.05) is 52.8 Å². The van der Waals surface area contributed by atoms with Crippen molar-refractivity contribution in [3.05, 3.63) is 94.8 Å². The van der Waals surface area contributed by atoms with Gasteiger partial charge in [0, 0.05) is 44.4 Å². The molecule has 0 saturated carbocycles. The molecule has 0 radical (unpaired) electrons. The first-order valence-electron chi connectivity index (χ1n) is 18.0. The first kappa shape index (κ1) is 43.1. The number of carbonyl (C=O) groups excluding carboxylic acids is 4. The van der Waals surface area contributed by atoms with E-state index < -0.39 is 35.1 Å². The monoisotopic (exact) mass is 747 g/mol. The van der Waals surface area contributed by atoms with E-state index in [-0.39, 0.29) is 48.6 Å². The second-order valence-corrected chi connectivity index (χ2v) is 15.4. The Morgan fingerprint density at radius 2 is 1.52 bits per heavy atom. The van der Waals surface area contributed by atoms with Gasteiger partial charge in [0.1, 0.15) is 24.2 Å². The molecule has 292 valence electrons. The molecule has 3 rings (SSSR count). The Balaban J connectivity index is 1.60. The third-order valence-corrected chi connectivity index (χ3v) is 8.55. The highest BCUT2D eigenvalue weighted by Gasteiger charge is 2.29. The van der Waals surface area contributed by atoms with Gasteiger partial charge in [-0.25, -0.2) is 4.39 Å². The number of nitrogens with one attached hydrogen (secondary N) is 4. The van der Waals surface area contributed by atoms with Crippen molar-refractivity contribution >= 4 is 35.3 Å². The Hall–Kier alpha value is -5.30. The number of amides is 4. The first-order chi connectivity index (χ1) is 25.4. The molecule has 0 fully saturated rings. The predicted molar refractivity (Wildman–Crippen MR) is 206 cm³/mol. The largest absolute Gasteiger partial charge is 0.492 e. The van der Waals surface area contributed by atoms with E-state index in [2.05, 4.69) is 21.3 Å². The topological polar surface area (TPSA) is 166 Å². The van der Waals surface area contributed by atoms with Crippen molar-refractivity contribution < 1.29 is 38.2 Å². The van der Waals surface area contributed by atoms with Gasteiger partial charge in [0.05, 0.1) is 12.0 Å². The molecule has 54 heavy (non-hydrogen) atoms. The van der Waals surface area contributed by atoms with Gasteiger partial charge in [0.15, 0.2) is 0 Å². The van der Waals surface area contributed by atoms with Crippen molar-refractivity contribution in [2.75, 3.05) is 39.1 Å². The average molecular weight is 748 g/mol.